The van der Waals surface area contributed by atoms with Gasteiger partial charge in [-0.25, -0.2) is 0 Å². The monoisotopic (exact) mass is 219 g/mol. The van der Waals surface area contributed by atoms with Gasteiger partial charge in [0.15, 0.2) is 0 Å². The Labute approximate surface area is 76.1 Å². The number of nitrogens with one attached hydrogen (secondary N) is 1. The van der Waals surface area contributed by atoms with Gasteiger partial charge in [0.1, 0.15) is 0 Å². The molecular weight excluding hydrogens is 206 g/mol. The molecule has 1 rings (SSSR count). The van der Waals surface area contributed by atoms with Crippen molar-refractivity contribution in [3.63, 3.8) is 0 Å². The Morgan fingerprint density at radius 3 is 2.73 bits per heavy atom. The zero-order chi connectivity index (χ0) is 8.32. The molecule has 0 bridgehead atoms. The van der Waals surface area contributed by atoms with Crippen LogP contribution in [0.25, 0.3) is 0 Å². The van der Waals surface area contributed by atoms with Gasteiger partial charge in [-0.3, -0.25) is 0 Å². The lowest BCUT2D eigenvalue weighted by Crippen LogP contribution is -2.47. The van der Waals surface area contributed by atoms with E-state index in [1.165, 1.54) is 0 Å². The maximum absolute atomic E-state index is 5.12. The fourth-order valence-corrected chi connectivity index (χ4v) is 1.25. The van der Waals surface area contributed by atoms with Crippen molar-refractivity contribution in [1.29, 1.82) is 0 Å². The second kappa shape index (κ2) is 3.70. The summed E-state index contributed by atoms with van der Waals surface area (Å²) in [4.78, 5) is 0. The van der Waals surface area contributed by atoms with E-state index in [1.807, 2.05) is 0 Å². The van der Waals surface area contributed by atoms with E-state index in [9.17, 15) is 0 Å². The van der Waals surface area contributed by atoms with Crippen molar-refractivity contribution in [1.82, 2.24) is 5.32 Å². The minimum Gasteiger partial charge on any atom is -0.380 e. The van der Waals surface area contributed by atoms with Crippen LogP contribution in [0.4, 0.5) is 0 Å². The predicted octanol–water partition coefficient (Wildman–Crippen LogP) is 1.52. The largest absolute Gasteiger partial charge is 0.380 e. The van der Waals surface area contributed by atoms with E-state index in [1.54, 1.807) is 0 Å². The summed E-state index contributed by atoms with van der Waals surface area (Å²) < 4.78 is 6.12. The Kier molecular flexibility index (Phi) is 3.10. The normalized spacial score (nSPS) is 20.9. The summed E-state index contributed by atoms with van der Waals surface area (Å²) in [6.45, 7) is 9.59. The van der Waals surface area contributed by atoms with Gasteiger partial charge in [0, 0.05) is 23.0 Å². The Balaban J connectivity index is 2.07. The van der Waals surface area contributed by atoms with Crippen molar-refractivity contribution in [2.24, 2.45) is 5.41 Å². The number of hydrogen-bond acceptors (Lipinski definition) is 2. The van der Waals surface area contributed by atoms with Crippen molar-refractivity contribution in [2.75, 3.05) is 26.3 Å². The van der Waals surface area contributed by atoms with Crippen molar-refractivity contribution in [3.05, 3.63) is 11.1 Å². The molecule has 1 aliphatic heterocycles. The molecule has 0 spiro atoms. The molecule has 0 atom stereocenters. The van der Waals surface area contributed by atoms with E-state index in [0.29, 0.717) is 5.41 Å². The molecule has 1 aliphatic rings. The third-order valence-electron chi connectivity index (χ3n) is 1.77. The third kappa shape index (κ3) is 2.93. The lowest BCUT2D eigenvalue weighted by molar-refractivity contribution is -0.0986. The van der Waals surface area contributed by atoms with Crippen molar-refractivity contribution in [2.45, 2.75) is 6.92 Å². The predicted molar refractivity (Wildman–Crippen MR) is 49.9 cm³/mol. The van der Waals surface area contributed by atoms with Crippen LogP contribution in [0.3, 0.4) is 0 Å². The number of rotatable bonds is 4. The number of halogens is 1. The van der Waals surface area contributed by atoms with Crippen LogP contribution in [-0.2, 0) is 4.74 Å². The van der Waals surface area contributed by atoms with Crippen LogP contribution >= 0.6 is 15.9 Å². The second-order valence-corrected chi connectivity index (χ2v) is 4.55. The van der Waals surface area contributed by atoms with E-state index in [4.69, 9.17) is 4.74 Å². The van der Waals surface area contributed by atoms with Crippen LogP contribution in [0.1, 0.15) is 6.92 Å². The smallest absolute Gasteiger partial charge is 0.0554 e. The quantitative estimate of drug-likeness (QED) is 0.775. The SMILES string of the molecule is C=C(Br)CNCC1(C)COC1. The van der Waals surface area contributed by atoms with E-state index < -0.39 is 0 Å². The molecular formula is C8H14BrNO. The highest BCUT2D eigenvalue weighted by molar-refractivity contribution is 9.11. The Morgan fingerprint density at radius 1 is 1.73 bits per heavy atom. The first-order chi connectivity index (χ1) is 5.12. The Bertz CT molecular complexity index is 154. The zero-order valence-corrected chi connectivity index (χ0v) is 8.41. The fourth-order valence-electron chi connectivity index (χ4n) is 1.05. The molecule has 0 aliphatic carbocycles. The van der Waals surface area contributed by atoms with Gasteiger partial charge in [0.25, 0.3) is 0 Å². The molecule has 0 aromatic rings. The van der Waals surface area contributed by atoms with E-state index >= 15 is 0 Å². The summed E-state index contributed by atoms with van der Waals surface area (Å²) in [5.41, 5.74) is 0.364. The highest BCUT2D eigenvalue weighted by Gasteiger charge is 2.32. The van der Waals surface area contributed by atoms with Gasteiger partial charge in [0.05, 0.1) is 13.2 Å². The molecule has 1 N–H and O–H groups in total. The van der Waals surface area contributed by atoms with Gasteiger partial charge >= 0.3 is 0 Å². The molecule has 0 aromatic carbocycles. The summed E-state index contributed by atoms with van der Waals surface area (Å²) >= 11 is 3.29. The van der Waals surface area contributed by atoms with Gasteiger partial charge in [0.2, 0.25) is 0 Å². The summed E-state index contributed by atoms with van der Waals surface area (Å²) in [5, 5.41) is 3.30. The highest BCUT2D eigenvalue weighted by Crippen LogP contribution is 2.25. The fraction of sp³-hybridized carbons (Fsp3) is 0.750. The summed E-state index contributed by atoms with van der Waals surface area (Å²) in [7, 11) is 0. The first-order valence-electron chi connectivity index (χ1n) is 3.74. The molecule has 2 nitrogen and oxygen atoms in total. The molecule has 11 heavy (non-hydrogen) atoms. The first kappa shape index (κ1) is 9.23. The molecule has 1 heterocycles. The van der Waals surface area contributed by atoms with Crippen molar-refractivity contribution >= 4 is 15.9 Å². The van der Waals surface area contributed by atoms with Crippen molar-refractivity contribution in [3.8, 4) is 0 Å². The molecule has 64 valence electrons. The van der Waals surface area contributed by atoms with Crippen LogP contribution in [0.5, 0.6) is 0 Å². The van der Waals surface area contributed by atoms with Gasteiger partial charge in [-0.05, 0) is 0 Å². The number of hydrogen-bond donors (Lipinski definition) is 1. The molecule has 1 saturated heterocycles. The second-order valence-electron chi connectivity index (χ2n) is 3.42. The highest BCUT2D eigenvalue weighted by atomic mass is 79.9. The molecule has 1 fully saturated rings. The van der Waals surface area contributed by atoms with Gasteiger partial charge in [-0.1, -0.05) is 29.4 Å². The maximum atomic E-state index is 5.12. The average molecular weight is 220 g/mol. The van der Waals surface area contributed by atoms with Crippen LogP contribution < -0.4 is 5.32 Å². The molecule has 3 heteroatoms. The molecule has 0 saturated carbocycles. The van der Waals surface area contributed by atoms with Crippen LogP contribution in [0.2, 0.25) is 0 Å². The average Bonchev–Trinajstić information content (AvgIpc) is 1.83. The molecule has 0 aromatic heterocycles. The maximum Gasteiger partial charge on any atom is 0.0554 e. The van der Waals surface area contributed by atoms with Crippen LogP contribution in [-0.4, -0.2) is 26.3 Å². The van der Waals surface area contributed by atoms with E-state index in [-0.39, 0.29) is 0 Å². The topological polar surface area (TPSA) is 21.3 Å². The summed E-state index contributed by atoms with van der Waals surface area (Å²) in [6, 6.07) is 0. The van der Waals surface area contributed by atoms with E-state index in [2.05, 4.69) is 34.7 Å². The Hall–Kier alpha value is 0.140. The first-order valence-corrected chi connectivity index (χ1v) is 4.53. The van der Waals surface area contributed by atoms with Crippen LogP contribution in [0.15, 0.2) is 11.1 Å². The van der Waals surface area contributed by atoms with Gasteiger partial charge < -0.3 is 10.1 Å². The summed E-state index contributed by atoms with van der Waals surface area (Å²) in [5.74, 6) is 0. The lowest BCUT2D eigenvalue weighted by atomic mass is 9.89. The number of ether oxygens (including phenoxy) is 1. The lowest BCUT2D eigenvalue weighted by Gasteiger charge is -2.38. The van der Waals surface area contributed by atoms with Gasteiger partial charge in [-0.2, -0.15) is 0 Å². The Morgan fingerprint density at radius 2 is 2.36 bits per heavy atom. The van der Waals surface area contributed by atoms with Crippen molar-refractivity contribution < 1.29 is 4.74 Å². The van der Waals surface area contributed by atoms with Gasteiger partial charge in [-0.15, -0.1) is 0 Å². The zero-order valence-electron chi connectivity index (χ0n) is 6.82. The van der Waals surface area contributed by atoms with E-state index in [0.717, 1.165) is 30.8 Å². The van der Waals surface area contributed by atoms with Crippen LogP contribution in [0, 0.1) is 5.41 Å². The minimum atomic E-state index is 0.364. The molecule has 0 amide bonds. The summed E-state index contributed by atoms with van der Waals surface area (Å²) in [6.07, 6.45) is 0. The minimum absolute atomic E-state index is 0.364. The standard InChI is InChI=1S/C8H14BrNO/c1-7(9)3-10-4-8(2)5-11-6-8/h10H,1,3-6H2,2H3. The third-order valence-corrected chi connectivity index (χ3v) is 2.05. The molecule has 0 radical (unpaired) electrons. The molecule has 0 unspecified atom stereocenters.